The number of phenolic OH excluding ortho intramolecular Hbond substituents is 1. The third-order valence-corrected chi connectivity index (χ3v) is 2.12. The van der Waals surface area contributed by atoms with E-state index in [0.717, 1.165) is 5.23 Å². The molecule has 1 N–H and O–H groups in total. The summed E-state index contributed by atoms with van der Waals surface area (Å²) in [4.78, 5) is 9.88. The van der Waals surface area contributed by atoms with E-state index in [1.807, 2.05) is 0 Å². The first kappa shape index (κ1) is 9.30. The first-order chi connectivity index (χ1) is 6.66. The van der Waals surface area contributed by atoms with E-state index in [9.17, 15) is 0 Å². The summed E-state index contributed by atoms with van der Waals surface area (Å²) in [6.07, 6.45) is 0. The first-order valence-electron chi connectivity index (χ1n) is 3.67. The smallest absolute Gasteiger partial charge is 0.283 e. The molecule has 1 aromatic carbocycles. The lowest BCUT2D eigenvalue weighted by atomic mass is 10.3. The van der Waals surface area contributed by atoms with Gasteiger partial charge in [0.15, 0.2) is 0 Å². The highest BCUT2D eigenvalue weighted by Gasteiger charge is 2.24. The molecule has 2 rings (SSSR count). The fourth-order valence-corrected chi connectivity index (χ4v) is 1.11. The second-order valence-corrected chi connectivity index (χ2v) is 3.19. The maximum absolute atomic E-state index is 9.04. The Morgan fingerprint density at radius 1 is 1.00 bits per heavy atom. The molecule has 6 heteroatoms. The Balaban J connectivity index is 2.16. The van der Waals surface area contributed by atoms with Crippen LogP contribution in [0, 0.1) is 0 Å². The molecule has 0 fully saturated rings. The van der Waals surface area contributed by atoms with Crippen molar-refractivity contribution in [3.05, 3.63) is 34.7 Å². The van der Waals surface area contributed by atoms with Gasteiger partial charge < -0.3 is 14.8 Å². The predicted molar refractivity (Wildman–Crippen MR) is 51.5 cm³/mol. The molecule has 14 heavy (non-hydrogen) atoms. The summed E-state index contributed by atoms with van der Waals surface area (Å²) in [7, 11) is 0. The zero-order chi connectivity index (χ0) is 10.1. The van der Waals surface area contributed by atoms with Crippen LogP contribution in [0.25, 0.3) is 0 Å². The second kappa shape index (κ2) is 3.48. The molecule has 1 aliphatic heterocycles. The third kappa shape index (κ3) is 1.66. The van der Waals surface area contributed by atoms with Crippen LogP contribution >= 0.6 is 23.2 Å². The number of benzene rings is 1. The number of nitrogens with zero attached hydrogens (tertiary/aromatic N) is 1. The molecule has 0 amide bonds. The van der Waals surface area contributed by atoms with E-state index >= 15 is 0 Å². The zero-order valence-corrected chi connectivity index (χ0v) is 8.29. The second-order valence-electron chi connectivity index (χ2n) is 2.50. The number of halogens is 2. The molecule has 0 saturated carbocycles. The van der Waals surface area contributed by atoms with Crippen molar-refractivity contribution in [1.29, 1.82) is 0 Å². The van der Waals surface area contributed by atoms with Crippen LogP contribution in [0.4, 0.5) is 5.69 Å². The van der Waals surface area contributed by atoms with E-state index in [0.29, 0.717) is 5.69 Å². The Morgan fingerprint density at radius 2 is 1.50 bits per heavy atom. The van der Waals surface area contributed by atoms with Crippen LogP contribution in [-0.2, 0) is 9.68 Å². The molecular formula is C8H5Cl2NO3. The van der Waals surface area contributed by atoms with Crippen molar-refractivity contribution in [2.24, 2.45) is 0 Å². The fourth-order valence-electron chi connectivity index (χ4n) is 0.916. The van der Waals surface area contributed by atoms with Crippen LogP contribution in [0.2, 0.25) is 0 Å². The molecule has 0 unspecified atom stereocenters. The number of anilines is 1. The van der Waals surface area contributed by atoms with Crippen molar-refractivity contribution in [3.63, 3.8) is 0 Å². The van der Waals surface area contributed by atoms with Gasteiger partial charge in [-0.05, 0) is 52.7 Å². The third-order valence-electron chi connectivity index (χ3n) is 1.54. The van der Waals surface area contributed by atoms with Crippen LogP contribution in [0.1, 0.15) is 0 Å². The van der Waals surface area contributed by atoms with Gasteiger partial charge in [0.2, 0.25) is 0 Å². The van der Waals surface area contributed by atoms with E-state index < -0.39 is 0 Å². The summed E-state index contributed by atoms with van der Waals surface area (Å²) in [5.41, 5.74) is 0.566. The molecule has 1 heterocycles. The Hall–Kier alpha value is -1.26. The molecule has 0 bridgehead atoms. The van der Waals surface area contributed by atoms with Crippen molar-refractivity contribution in [1.82, 2.24) is 0 Å². The van der Waals surface area contributed by atoms with Gasteiger partial charge in [0.05, 0.1) is 0 Å². The summed E-state index contributed by atoms with van der Waals surface area (Å²) < 4.78 is 0. The van der Waals surface area contributed by atoms with Gasteiger partial charge in [0.25, 0.3) is 10.4 Å². The Kier molecular flexibility index (Phi) is 2.31. The Morgan fingerprint density at radius 3 is 2.00 bits per heavy atom. The van der Waals surface area contributed by atoms with Crippen LogP contribution in [0.3, 0.4) is 0 Å². The average Bonchev–Trinajstić information content (AvgIpc) is 2.48. The molecule has 0 atom stereocenters. The normalized spacial score (nSPS) is 15.4. The molecule has 1 aliphatic rings. The molecule has 0 aromatic heterocycles. The summed E-state index contributed by atoms with van der Waals surface area (Å²) in [6.45, 7) is 0. The van der Waals surface area contributed by atoms with Gasteiger partial charge in [0, 0.05) is 0 Å². The van der Waals surface area contributed by atoms with Gasteiger partial charge >= 0.3 is 0 Å². The maximum atomic E-state index is 9.04. The SMILES string of the molecule is Oc1ccc(N2OC(Cl)=C(Cl)O2)cc1. The Bertz CT molecular complexity index is 363. The lowest BCUT2D eigenvalue weighted by Crippen LogP contribution is -2.14. The predicted octanol–water partition coefficient (Wildman–Crippen LogP) is 2.68. The van der Waals surface area contributed by atoms with E-state index in [-0.39, 0.29) is 16.2 Å². The number of hydrogen-bond acceptors (Lipinski definition) is 4. The van der Waals surface area contributed by atoms with Crippen LogP contribution < -0.4 is 5.23 Å². The van der Waals surface area contributed by atoms with Gasteiger partial charge in [-0.3, -0.25) is 0 Å². The zero-order valence-electron chi connectivity index (χ0n) is 6.78. The fraction of sp³-hybridized carbons (Fsp3) is 0. The highest BCUT2D eigenvalue weighted by Crippen LogP contribution is 2.31. The summed E-state index contributed by atoms with van der Waals surface area (Å²) >= 11 is 11.1. The van der Waals surface area contributed by atoms with Gasteiger partial charge in [-0.1, -0.05) is 0 Å². The van der Waals surface area contributed by atoms with Crippen molar-refractivity contribution in [3.8, 4) is 5.75 Å². The minimum atomic E-state index is -0.0280. The van der Waals surface area contributed by atoms with Crippen molar-refractivity contribution < 1.29 is 14.8 Å². The summed E-state index contributed by atoms with van der Waals surface area (Å²) in [6, 6.07) is 6.16. The largest absolute Gasteiger partial charge is 0.508 e. The molecule has 0 spiro atoms. The van der Waals surface area contributed by atoms with Crippen LogP contribution in [0.15, 0.2) is 34.7 Å². The standard InChI is InChI=1S/C8H5Cl2NO3/c9-7-8(10)14-11(13-7)5-1-3-6(12)4-2-5/h1-4,12H. The van der Waals surface area contributed by atoms with Crippen molar-refractivity contribution >= 4 is 28.9 Å². The highest BCUT2D eigenvalue weighted by atomic mass is 35.5. The Labute approximate surface area is 89.8 Å². The van der Waals surface area contributed by atoms with E-state index in [1.165, 1.54) is 12.1 Å². The number of hydrogen-bond donors (Lipinski definition) is 1. The minimum Gasteiger partial charge on any atom is -0.508 e. The quantitative estimate of drug-likeness (QED) is 0.810. The first-order valence-corrected chi connectivity index (χ1v) is 4.43. The topological polar surface area (TPSA) is 41.9 Å². The molecule has 0 radical (unpaired) electrons. The van der Waals surface area contributed by atoms with E-state index in [1.54, 1.807) is 12.1 Å². The van der Waals surface area contributed by atoms with Crippen LogP contribution in [0.5, 0.6) is 5.75 Å². The van der Waals surface area contributed by atoms with Crippen molar-refractivity contribution in [2.75, 3.05) is 5.23 Å². The highest BCUT2D eigenvalue weighted by molar-refractivity contribution is 6.37. The number of aromatic hydroxyl groups is 1. The lowest BCUT2D eigenvalue weighted by Gasteiger charge is -2.13. The average molecular weight is 234 g/mol. The summed E-state index contributed by atoms with van der Waals surface area (Å²) in [5.74, 6) is 0.151. The molecule has 0 aliphatic carbocycles. The molecular weight excluding hydrogens is 229 g/mol. The van der Waals surface area contributed by atoms with Gasteiger partial charge in [-0.25, -0.2) is 0 Å². The minimum absolute atomic E-state index is 0.0280. The maximum Gasteiger partial charge on any atom is 0.283 e. The van der Waals surface area contributed by atoms with Crippen molar-refractivity contribution in [2.45, 2.75) is 0 Å². The molecule has 1 aromatic rings. The van der Waals surface area contributed by atoms with Gasteiger partial charge in [-0.2, -0.15) is 0 Å². The molecule has 0 saturated heterocycles. The van der Waals surface area contributed by atoms with Crippen LogP contribution in [-0.4, -0.2) is 5.11 Å². The summed E-state index contributed by atoms with van der Waals surface area (Å²) in [5, 5.41) is 10.0. The molecule has 74 valence electrons. The van der Waals surface area contributed by atoms with E-state index in [2.05, 4.69) is 0 Å². The van der Waals surface area contributed by atoms with E-state index in [4.69, 9.17) is 38.0 Å². The van der Waals surface area contributed by atoms with Gasteiger partial charge in [-0.15, -0.1) is 0 Å². The number of rotatable bonds is 1. The molecule has 4 nitrogen and oxygen atoms in total. The van der Waals surface area contributed by atoms with Gasteiger partial charge in [0.1, 0.15) is 11.4 Å². The monoisotopic (exact) mass is 233 g/mol. The lowest BCUT2D eigenvalue weighted by molar-refractivity contribution is 0.0379. The number of phenols is 1.